The number of likely N-dealkylation sites (tertiary alicyclic amines) is 1. The Labute approximate surface area is 183 Å². The highest BCUT2D eigenvalue weighted by Gasteiger charge is 2.30. The predicted octanol–water partition coefficient (Wildman–Crippen LogP) is 5.00. The molecule has 0 bridgehead atoms. The minimum atomic E-state index is -2.94. The summed E-state index contributed by atoms with van der Waals surface area (Å²) in [5, 5.41) is 4.84. The minimum absolute atomic E-state index is 0.0233. The van der Waals surface area contributed by atoms with E-state index in [9.17, 15) is 18.4 Å². The molecule has 2 heterocycles. The highest BCUT2D eigenvalue weighted by atomic mass is 32.1. The Kier molecular flexibility index (Phi) is 7.09. The lowest BCUT2D eigenvalue weighted by atomic mass is 9.96. The first-order valence-electron chi connectivity index (χ1n) is 9.91. The van der Waals surface area contributed by atoms with E-state index in [4.69, 9.17) is 4.74 Å². The highest BCUT2D eigenvalue weighted by Crippen LogP contribution is 2.33. The lowest BCUT2D eigenvalue weighted by Gasteiger charge is -2.32. The van der Waals surface area contributed by atoms with Crippen LogP contribution in [-0.4, -0.2) is 47.2 Å². The summed E-state index contributed by atoms with van der Waals surface area (Å²) in [7, 11) is 0. The largest absolute Gasteiger partial charge is 0.444 e. The summed E-state index contributed by atoms with van der Waals surface area (Å²) in [6.45, 7) is 3.37. The number of piperidine rings is 1. The maximum Gasteiger partial charge on any atom is 0.410 e. The number of amides is 2. The Hall–Kier alpha value is -2.75. The minimum Gasteiger partial charge on any atom is -0.444 e. The maximum atomic E-state index is 12.6. The molecule has 1 N–H and O–H groups in total. The fraction of sp³-hybridized carbons (Fsp3) is 0.476. The van der Waals surface area contributed by atoms with E-state index in [1.807, 2.05) is 20.8 Å². The van der Waals surface area contributed by atoms with E-state index in [-0.39, 0.29) is 23.7 Å². The first kappa shape index (κ1) is 22.9. The van der Waals surface area contributed by atoms with Crippen molar-refractivity contribution >= 4 is 28.5 Å². The molecule has 168 valence electrons. The van der Waals surface area contributed by atoms with Crippen molar-refractivity contribution < 1.29 is 27.8 Å². The number of rotatable bonds is 5. The zero-order valence-electron chi connectivity index (χ0n) is 17.6. The third kappa shape index (κ3) is 6.36. The van der Waals surface area contributed by atoms with Gasteiger partial charge in [0.15, 0.2) is 5.13 Å². The van der Waals surface area contributed by atoms with Crippen LogP contribution in [0.4, 0.5) is 18.7 Å². The number of benzene rings is 1. The van der Waals surface area contributed by atoms with Crippen LogP contribution >= 0.6 is 11.3 Å². The average molecular weight is 454 g/mol. The van der Waals surface area contributed by atoms with Gasteiger partial charge in [-0.3, -0.25) is 4.79 Å². The van der Waals surface area contributed by atoms with Crippen molar-refractivity contribution in [1.82, 2.24) is 9.88 Å². The quantitative estimate of drug-likeness (QED) is 0.689. The number of para-hydroxylation sites is 1. The van der Waals surface area contributed by atoms with Gasteiger partial charge in [-0.1, -0.05) is 12.1 Å². The van der Waals surface area contributed by atoms with Crippen LogP contribution in [-0.2, 0) is 9.53 Å². The first-order chi connectivity index (χ1) is 14.6. The van der Waals surface area contributed by atoms with Crippen LogP contribution < -0.4 is 10.1 Å². The maximum absolute atomic E-state index is 12.6. The highest BCUT2D eigenvalue weighted by molar-refractivity contribution is 7.14. The second-order valence-electron chi connectivity index (χ2n) is 8.14. The van der Waals surface area contributed by atoms with Gasteiger partial charge in [0, 0.05) is 30.0 Å². The Balaban J connectivity index is 1.57. The molecule has 1 aliphatic heterocycles. The van der Waals surface area contributed by atoms with Gasteiger partial charge in [0.05, 0.1) is 5.69 Å². The SMILES string of the molecule is CC(C)(C)OC(=O)N1CCC(C(=O)Nc2nc(-c3ccccc3OC(F)F)cs2)CC1. The number of halogens is 2. The smallest absolute Gasteiger partial charge is 0.410 e. The number of carbonyl (C=O) groups is 2. The molecule has 2 amide bonds. The van der Waals surface area contributed by atoms with Gasteiger partial charge in [0.25, 0.3) is 0 Å². The third-order valence-corrected chi connectivity index (χ3v) is 5.39. The summed E-state index contributed by atoms with van der Waals surface area (Å²) < 4.78 is 35.2. The van der Waals surface area contributed by atoms with Crippen molar-refractivity contribution in [2.45, 2.75) is 45.8 Å². The molecule has 3 rings (SSSR count). The molecular formula is C21H25F2N3O4S. The van der Waals surface area contributed by atoms with Crippen molar-refractivity contribution in [3.8, 4) is 17.0 Å². The molecule has 1 saturated heterocycles. The van der Waals surface area contributed by atoms with Gasteiger partial charge in [-0.05, 0) is 45.7 Å². The standard InChI is InChI=1S/C21H25F2N3O4S/c1-21(2,3)30-20(28)26-10-8-13(9-11-26)17(27)25-19-24-15(12-31-19)14-6-4-5-7-16(14)29-18(22)23/h4-7,12-13,18H,8-11H2,1-3H3,(H,24,25,27). The van der Waals surface area contributed by atoms with Crippen LogP contribution in [0.3, 0.4) is 0 Å². The van der Waals surface area contributed by atoms with E-state index in [0.717, 1.165) is 0 Å². The van der Waals surface area contributed by atoms with E-state index in [1.165, 1.54) is 17.4 Å². The number of anilines is 1. The van der Waals surface area contributed by atoms with Crippen LogP contribution in [0.5, 0.6) is 5.75 Å². The van der Waals surface area contributed by atoms with Crippen LogP contribution in [0.1, 0.15) is 33.6 Å². The number of thiazole rings is 1. The fourth-order valence-corrected chi connectivity index (χ4v) is 3.90. The molecule has 0 atom stereocenters. The molecule has 0 radical (unpaired) electrons. The third-order valence-electron chi connectivity index (χ3n) is 4.63. The summed E-state index contributed by atoms with van der Waals surface area (Å²) >= 11 is 1.21. The van der Waals surface area contributed by atoms with Gasteiger partial charge in [-0.2, -0.15) is 8.78 Å². The van der Waals surface area contributed by atoms with Gasteiger partial charge in [-0.25, -0.2) is 9.78 Å². The number of nitrogens with one attached hydrogen (secondary N) is 1. The summed E-state index contributed by atoms with van der Waals surface area (Å²) in [5.74, 6) is -0.405. The predicted molar refractivity (Wildman–Crippen MR) is 113 cm³/mol. The van der Waals surface area contributed by atoms with E-state index >= 15 is 0 Å². The zero-order valence-corrected chi connectivity index (χ0v) is 18.4. The molecule has 0 saturated carbocycles. The fourth-order valence-electron chi connectivity index (χ4n) is 3.19. The van der Waals surface area contributed by atoms with Crippen molar-refractivity contribution in [2.75, 3.05) is 18.4 Å². The molecule has 0 unspecified atom stereocenters. The molecule has 31 heavy (non-hydrogen) atoms. The average Bonchev–Trinajstić information content (AvgIpc) is 3.15. The summed E-state index contributed by atoms with van der Waals surface area (Å²) in [6.07, 6.45) is 0.670. The number of ether oxygens (including phenoxy) is 2. The molecule has 1 aliphatic rings. The zero-order chi connectivity index (χ0) is 22.6. The van der Waals surface area contributed by atoms with Crippen LogP contribution in [0, 0.1) is 5.92 Å². The van der Waals surface area contributed by atoms with Crippen molar-refractivity contribution in [1.29, 1.82) is 0 Å². The lowest BCUT2D eigenvalue weighted by molar-refractivity contribution is -0.121. The van der Waals surface area contributed by atoms with E-state index < -0.39 is 12.2 Å². The molecule has 2 aromatic rings. The van der Waals surface area contributed by atoms with Crippen LogP contribution in [0.15, 0.2) is 29.6 Å². The lowest BCUT2D eigenvalue weighted by Crippen LogP contribution is -2.43. The van der Waals surface area contributed by atoms with Gasteiger partial charge in [0.1, 0.15) is 11.4 Å². The molecule has 1 aromatic heterocycles. The normalized spacial score (nSPS) is 15.1. The molecule has 7 nitrogen and oxygen atoms in total. The van der Waals surface area contributed by atoms with Crippen molar-refractivity contribution in [3.63, 3.8) is 0 Å². The Morgan fingerprint density at radius 3 is 2.55 bits per heavy atom. The monoisotopic (exact) mass is 453 g/mol. The van der Waals surface area contributed by atoms with Gasteiger partial charge < -0.3 is 19.7 Å². The number of aromatic nitrogens is 1. The summed E-state index contributed by atoms with van der Waals surface area (Å²) in [4.78, 5) is 30.7. The number of nitrogens with zero attached hydrogens (tertiary/aromatic N) is 2. The Morgan fingerprint density at radius 2 is 1.90 bits per heavy atom. The molecule has 10 heteroatoms. The number of hydrogen-bond acceptors (Lipinski definition) is 6. The Bertz CT molecular complexity index is 921. The topological polar surface area (TPSA) is 80.8 Å². The number of alkyl halides is 2. The summed E-state index contributed by atoms with van der Waals surface area (Å²) in [6, 6.07) is 6.37. The molecular weight excluding hydrogens is 428 g/mol. The van der Waals surface area contributed by atoms with E-state index in [0.29, 0.717) is 42.3 Å². The number of hydrogen-bond donors (Lipinski definition) is 1. The molecule has 1 fully saturated rings. The first-order valence-corrected chi connectivity index (χ1v) is 10.8. The second kappa shape index (κ2) is 9.59. The summed E-state index contributed by atoms with van der Waals surface area (Å²) in [5.41, 5.74) is 0.300. The second-order valence-corrected chi connectivity index (χ2v) is 9.00. The van der Waals surface area contributed by atoms with Crippen LogP contribution in [0.2, 0.25) is 0 Å². The van der Waals surface area contributed by atoms with E-state index in [1.54, 1.807) is 28.5 Å². The van der Waals surface area contributed by atoms with Gasteiger partial charge in [0.2, 0.25) is 5.91 Å². The van der Waals surface area contributed by atoms with Gasteiger partial charge in [-0.15, -0.1) is 11.3 Å². The van der Waals surface area contributed by atoms with Gasteiger partial charge >= 0.3 is 12.7 Å². The number of carbonyl (C=O) groups excluding carboxylic acids is 2. The molecule has 0 aliphatic carbocycles. The molecule has 0 spiro atoms. The van der Waals surface area contributed by atoms with E-state index in [2.05, 4.69) is 15.0 Å². The molecule has 1 aromatic carbocycles. The van der Waals surface area contributed by atoms with Crippen LogP contribution in [0.25, 0.3) is 11.3 Å². The van der Waals surface area contributed by atoms with Crippen molar-refractivity contribution in [3.05, 3.63) is 29.6 Å². The van der Waals surface area contributed by atoms with Crippen molar-refractivity contribution in [2.24, 2.45) is 5.92 Å². The Morgan fingerprint density at radius 1 is 1.23 bits per heavy atom.